The van der Waals surface area contributed by atoms with Gasteiger partial charge in [-0.25, -0.2) is 0 Å². The van der Waals surface area contributed by atoms with E-state index in [9.17, 15) is 0 Å². The van der Waals surface area contributed by atoms with E-state index in [-0.39, 0.29) is 0 Å². The van der Waals surface area contributed by atoms with Gasteiger partial charge < -0.3 is 5.32 Å². The molecule has 0 saturated heterocycles. The zero-order chi connectivity index (χ0) is 9.40. The van der Waals surface area contributed by atoms with Crippen LogP contribution in [-0.2, 0) is 0 Å². The van der Waals surface area contributed by atoms with E-state index in [0.29, 0.717) is 0 Å². The van der Waals surface area contributed by atoms with Gasteiger partial charge in [-0.3, -0.25) is 0 Å². The second-order valence-electron chi connectivity index (χ2n) is 2.11. The molecule has 0 aliphatic rings. The third kappa shape index (κ3) is 3.06. The average Bonchev–Trinajstić information content (AvgIpc) is 2.11. The van der Waals surface area contributed by atoms with Crippen molar-refractivity contribution in [2.75, 3.05) is 0 Å². The Kier molecular flexibility index (Phi) is 5.45. The quantitative estimate of drug-likeness (QED) is 0.611. The Hall–Kier alpha value is -1.50. The number of allylic oxidation sites excluding steroid dienone is 4. The van der Waals surface area contributed by atoms with Crippen LogP contribution in [0, 0.1) is 0 Å². The van der Waals surface area contributed by atoms with Gasteiger partial charge in [0.05, 0.1) is 0 Å². The van der Waals surface area contributed by atoms with Crippen LogP contribution in [0.15, 0.2) is 61.5 Å². The van der Waals surface area contributed by atoms with Crippen LogP contribution in [0.5, 0.6) is 0 Å². The number of hydrogen-bond donors (Lipinski definition) is 1. The van der Waals surface area contributed by atoms with Crippen molar-refractivity contribution in [3.05, 3.63) is 61.5 Å². The second-order valence-corrected chi connectivity index (χ2v) is 2.11. The topological polar surface area (TPSA) is 12.0 Å². The van der Waals surface area contributed by atoms with Gasteiger partial charge in [-0.1, -0.05) is 44.0 Å². The van der Waals surface area contributed by atoms with E-state index in [2.05, 4.69) is 25.1 Å². The summed E-state index contributed by atoms with van der Waals surface area (Å²) in [5.41, 5.74) is 1.99. The molecule has 0 aromatic heterocycles. The average molecular weight is 161 g/mol. The SMILES string of the molecule is C=C/C=C(C=C)\C(=C/C)NC=C. The van der Waals surface area contributed by atoms with Crippen molar-refractivity contribution in [3.8, 4) is 0 Å². The van der Waals surface area contributed by atoms with E-state index in [1.807, 2.05) is 19.1 Å². The standard InChI is InChI=1S/C11H15N/c1-5-9-10(6-2)11(7-3)12-8-4/h5-9,12H,1-2,4H2,3H3/b10-9-,11-7+. The summed E-state index contributed by atoms with van der Waals surface area (Å²) in [6.07, 6.45) is 8.98. The lowest BCUT2D eigenvalue weighted by Gasteiger charge is -2.06. The molecule has 0 bridgehead atoms. The summed E-state index contributed by atoms with van der Waals surface area (Å²) in [7, 11) is 0. The van der Waals surface area contributed by atoms with Crippen LogP contribution in [0.4, 0.5) is 0 Å². The summed E-state index contributed by atoms with van der Waals surface area (Å²) in [4.78, 5) is 0. The third-order valence-corrected chi connectivity index (χ3v) is 1.37. The highest BCUT2D eigenvalue weighted by Gasteiger charge is 1.94. The minimum atomic E-state index is 0.986. The summed E-state index contributed by atoms with van der Waals surface area (Å²) in [6, 6.07) is 0. The Bertz CT molecular complexity index is 231. The molecule has 0 unspecified atom stereocenters. The lowest BCUT2D eigenvalue weighted by atomic mass is 10.1. The molecule has 12 heavy (non-hydrogen) atoms. The molecule has 0 aromatic rings. The molecule has 0 rings (SSSR count). The van der Waals surface area contributed by atoms with Crippen molar-refractivity contribution in [2.45, 2.75) is 6.92 Å². The zero-order valence-electron chi connectivity index (χ0n) is 7.51. The molecule has 0 radical (unpaired) electrons. The molecule has 64 valence electrons. The summed E-state index contributed by atoms with van der Waals surface area (Å²) >= 11 is 0. The largest absolute Gasteiger partial charge is 0.362 e. The van der Waals surface area contributed by atoms with Crippen LogP contribution >= 0.6 is 0 Å². The van der Waals surface area contributed by atoms with Crippen molar-refractivity contribution in [1.82, 2.24) is 5.32 Å². The number of hydrogen-bond acceptors (Lipinski definition) is 1. The molecular weight excluding hydrogens is 146 g/mol. The second kappa shape index (κ2) is 6.23. The zero-order valence-corrected chi connectivity index (χ0v) is 7.51. The van der Waals surface area contributed by atoms with Crippen molar-refractivity contribution in [1.29, 1.82) is 0 Å². The summed E-state index contributed by atoms with van der Waals surface area (Å²) in [5, 5.41) is 3.01. The highest BCUT2D eigenvalue weighted by Crippen LogP contribution is 2.07. The van der Waals surface area contributed by atoms with Gasteiger partial charge in [-0.05, 0) is 18.7 Å². The van der Waals surface area contributed by atoms with E-state index in [4.69, 9.17) is 0 Å². The molecule has 1 nitrogen and oxygen atoms in total. The lowest BCUT2D eigenvalue weighted by molar-refractivity contribution is 1.08. The van der Waals surface area contributed by atoms with Crippen LogP contribution in [0.1, 0.15) is 6.92 Å². The Morgan fingerprint density at radius 2 is 1.92 bits per heavy atom. The predicted octanol–water partition coefficient (Wildman–Crippen LogP) is 2.92. The molecule has 0 atom stereocenters. The van der Waals surface area contributed by atoms with E-state index in [1.165, 1.54) is 0 Å². The van der Waals surface area contributed by atoms with Crippen LogP contribution in [0.2, 0.25) is 0 Å². The number of nitrogens with one attached hydrogen (secondary N) is 1. The maximum atomic E-state index is 3.70. The number of rotatable bonds is 5. The molecule has 0 amide bonds. The molecule has 0 heterocycles. The Balaban J connectivity index is 4.67. The van der Waals surface area contributed by atoms with Gasteiger partial charge in [0.15, 0.2) is 0 Å². The van der Waals surface area contributed by atoms with Crippen LogP contribution < -0.4 is 5.32 Å². The molecule has 1 N–H and O–H groups in total. The van der Waals surface area contributed by atoms with Crippen LogP contribution in [-0.4, -0.2) is 0 Å². The van der Waals surface area contributed by atoms with E-state index in [0.717, 1.165) is 11.3 Å². The Morgan fingerprint density at radius 1 is 1.25 bits per heavy atom. The predicted molar refractivity (Wildman–Crippen MR) is 55.6 cm³/mol. The van der Waals surface area contributed by atoms with Crippen molar-refractivity contribution < 1.29 is 0 Å². The maximum Gasteiger partial charge on any atom is 0.0409 e. The highest BCUT2D eigenvalue weighted by molar-refractivity contribution is 5.40. The molecule has 1 heteroatoms. The molecule has 0 aliphatic carbocycles. The van der Waals surface area contributed by atoms with Crippen LogP contribution in [0.25, 0.3) is 0 Å². The first-order valence-electron chi connectivity index (χ1n) is 3.79. The van der Waals surface area contributed by atoms with Gasteiger partial charge in [-0.15, -0.1) is 0 Å². The van der Waals surface area contributed by atoms with Gasteiger partial charge >= 0.3 is 0 Å². The summed E-state index contributed by atoms with van der Waals surface area (Å²) in [5.74, 6) is 0. The first-order chi connectivity index (χ1) is 5.79. The van der Waals surface area contributed by atoms with E-state index < -0.39 is 0 Å². The Labute approximate surface area is 74.5 Å². The first-order valence-corrected chi connectivity index (χ1v) is 3.79. The van der Waals surface area contributed by atoms with Crippen LogP contribution in [0.3, 0.4) is 0 Å². The Morgan fingerprint density at radius 3 is 2.25 bits per heavy atom. The molecular formula is C11H15N. The van der Waals surface area contributed by atoms with Gasteiger partial charge in [-0.2, -0.15) is 0 Å². The fraction of sp³-hybridized carbons (Fsp3) is 0.0909. The third-order valence-electron chi connectivity index (χ3n) is 1.37. The maximum absolute atomic E-state index is 3.70. The van der Waals surface area contributed by atoms with Crippen molar-refractivity contribution in [3.63, 3.8) is 0 Å². The van der Waals surface area contributed by atoms with Gasteiger partial charge in [0.1, 0.15) is 0 Å². The summed E-state index contributed by atoms with van der Waals surface area (Å²) in [6.45, 7) is 12.9. The van der Waals surface area contributed by atoms with Crippen molar-refractivity contribution >= 4 is 0 Å². The van der Waals surface area contributed by atoms with Crippen molar-refractivity contribution in [2.24, 2.45) is 0 Å². The smallest absolute Gasteiger partial charge is 0.0409 e. The fourth-order valence-corrected chi connectivity index (χ4v) is 0.838. The molecule has 0 fully saturated rings. The van der Waals surface area contributed by atoms with Gasteiger partial charge in [0.25, 0.3) is 0 Å². The highest BCUT2D eigenvalue weighted by atomic mass is 14.8. The molecule has 0 aliphatic heterocycles. The summed E-state index contributed by atoms with van der Waals surface area (Å²) < 4.78 is 0. The van der Waals surface area contributed by atoms with Gasteiger partial charge in [0.2, 0.25) is 0 Å². The van der Waals surface area contributed by atoms with Gasteiger partial charge in [0, 0.05) is 5.70 Å². The van der Waals surface area contributed by atoms with E-state index >= 15 is 0 Å². The minimum absolute atomic E-state index is 0.986. The molecule has 0 saturated carbocycles. The normalized spacial score (nSPS) is 12.1. The molecule has 0 spiro atoms. The van der Waals surface area contributed by atoms with E-state index in [1.54, 1.807) is 18.4 Å². The lowest BCUT2D eigenvalue weighted by Crippen LogP contribution is -2.05. The fourth-order valence-electron chi connectivity index (χ4n) is 0.838. The minimum Gasteiger partial charge on any atom is -0.362 e. The molecule has 0 aromatic carbocycles. The first kappa shape index (κ1) is 10.5. The monoisotopic (exact) mass is 161 g/mol.